The van der Waals surface area contributed by atoms with Gasteiger partial charge in [0.1, 0.15) is 0 Å². The Morgan fingerprint density at radius 2 is 1.48 bits per heavy atom. The maximum Gasteiger partial charge on any atom is 0.241 e. The Morgan fingerprint density at radius 3 is 2.03 bits per heavy atom. The van der Waals surface area contributed by atoms with Crippen molar-refractivity contribution >= 4 is 26.0 Å². The van der Waals surface area contributed by atoms with Gasteiger partial charge in [0.15, 0.2) is 0 Å². The molecule has 1 amide bonds. The molecule has 31 heavy (non-hydrogen) atoms. The maximum atomic E-state index is 13.0. The van der Waals surface area contributed by atoms with Crippen LogP contribution in [0.2, 0.25) is 0 Å². The summed E-state index contributed by atoms with van der Waals surface area (Å²) in [5.74, 6) is -0.0654. The number of likely N-dealkylation sites (tertiary alicyclic amines) is 1. The highest BCUT2D eigenvalue weighted by atomic mass is 32.2. The second-order valence-corrected chi connectivity index (χ2v) is 12.1. The molecule has 1 saturated heterocycles. The minimum absolute atomic E-state index is 0.0226. The summed E-state index contributed by atoms with van der Waals surface area (Å²) in [6.07, 6.45) is 2.83. The van der Waals surface area contributed by atoms with E-state index >= 15 is 0 Å². The van der Waals surface area contributed by atoms with E-state index in [2.05, 4.69) is 9.44 Å². The molecule has 1 aliphatic rings. The summed E-state index contributed by atoms with van der Waals surface area (Å²) in [7, 11) is -7.01. The highest BCUT2D eigenvalue weighted by molar-refractivity contribution is 7.89. The summed E-state index contributed by atoms with van der Waals surface area (Å²) in [6, 6.07) is 0. The lowest BCUT2D eigenvalue weighted by molar-refractivity contribution is -0.132. The Morgan fingerprint density at radius 1 is 0.935 bits per heavy atom. The van der Waals surface area contributed by atoms with Gasteiger partial charge in [0.05, 0.1) is 11.2 Å². The summed E-state index contributed by atoms with van der Waals surface area (Å²) in [5.41, 5.74) is 4.48. The molecule has 0 saturated carbocycles. The van der Waals surface area contributed by atoms with E-state index < -0.39 is 20.0 Å². The minimum Gasteiger partial charge on any atom is -0.342 e. The van der Waals surface area contributed by atoms with Gasteiger partial charge in [-0.05, 0) is 81.2 Å². The van der Waals surface area contributed by atoms with Crippen LogP contribution in [0.5, 0.6) is 0 Å². The van der Waals surface area contributed by atoms with E-state index in [1.165, 1.54) is 0 Å². The third kappa shape index (κ3) is 6.50. The van der Waals surface area contributed by atoms with Crippen molar-refractivity contribution in [2.75, 3.05) is 32.4 Å². The van der Waals surface area contributed by atoms with Crippen molar-refractivity contribution < 1.29 is 21.6 Å². The molecule has 1 unspecified atom stereocenters. The van der Waals surface area contributed by atoms with E-state index in [1.807, 2.05) is 34.6 Å². The van der Waals surface area contributed by atoms with Gasteiger partial charge in [0.2, 0.25) is 26.0 Å². The minimum atomic E-state index is -3.74. The molecule has 2 rings (SSSR count). The molecule has 1 aromatic carbocycles. The molecule has 10 heteroatoms. The van der Waals surface area contributed by atoms with Gasteiger partial charge in [-0.1, -0.05) is 0 Å². The van der Waals surface area contributed by atoms with Crippen molar-refractivity contribution in [3.05, 3.63) is 27.8 Å². The van der Waals surface area contributed by atoms with Gasteiger partial charge in [-0.3, -0.25) is 4.79 Å². The van der Waals surface area contributed by atoms with Crippen molar-refractivity contribution in [2.45, 2.75) is 58.8 Å². The third-order valence-electron chi connectivity index (χ3n) is 6.34. The first kappa shape index (κ1) is 25.8. The number of carbonyl (C=O) groups excluding carboxylic acids is 1. The summed E-state index contributed by atoms with van der Waals surface area (Å²) < 4.78 is 53.6. The first-order valence-electron chi connectivity index (χ1n) is 10.5. The summed E-state index contributed by atoms with van der Waals surface area (Å²) in [4.78, 5) is 14.6. The average Bonchev–Trinajstić information content (AvgIpc) is 2.68. The molecule has 176 valence electrons. The molecule has 1 heterocycles. The first-order valence-corrected chi connectivity index (χ1v) is 13.9. The molecule has 1 atom stereocenters. The number of carbonyl (C=O) groups is 1. The van der Waals surface area contributed by atoms with Crippen LogP contribution >= 0.6 is 0 Å². The number of sulfonamides is 2. The number of nitrogens with zero attached hydrogens (tertiary/aromatic N) is 1. The van der Waals surface area contributed by atoms with E-state index in [4.69, 9.17) is 0 Å². The highest BCUT2D eigenvalue weighted by Gasteiger charge is 2.26. The van der Waals surface area contributed by atoms with Crippen LogP contribution in [0.15, 0.2) is 4.90 Å². The number of rotatable bonds is 8. The molecular formula is C21H35N3O5S2. The van der Waals surface area contributed by atoms with Crippen molar-refractivity contribution in [1.29, 1.82) is 0 Å². The first-order chi connectivity index (χ1) is 14.2. The zero-order valence-electron chi connectivity index (χ0n) is 19.3. The zero-order chi connectivity index (χ0) is 23.6. The fourth-order valence-electron chi connectivity index (χ4n) is 4.12. The lowest BCUT2D eigenvalue weighted by atomic mass is 9.95. The van der Waals surface area contributed by atoms with Gasteiger partial charge >= 0.3 is 0 Å². The van der Waals surface area contributed by atoms with Crippen LogP contribution in [0.4, 0.5) is 0 Å². The number of amides is 1. The zero-order valence-corrected chi connectivity index (χ0v) is 21.0. The second-order valence-electron chi connectivity index (χ2n) is 8.57. The van der Waals surface area contributed by atoms with Gasteiger partial charge < -0.3 is 4.90 Å². The van der Waals surface area contributed by atoms with E-state index in [1.54, 1.807) is 4.90 Å². The predicted molar refractivity (Wildman–Crippen MR) is 122 cm³/mol. The molecule has 0 bridgehead atoms. The topological polar surface area (TPSA) is 113 Å². The van der Waals surface area contributed by atoms with Gasteiger partial charge in [-0.15, -0.1) is 0 Å². The molecule has 1 aromatic rings. The Labute approximate surface area is 186 Å². The fourth-order valence-corrected chi connectivity index (χ4v) is 6.28. The third-order valence-corrected chi connectivity index (χ3v) is 8.76. The van der Waals surface area contributed by atoms with E-state index in [0.717, 1.165) is 46.9 Å². The Hall–Kier alpha value is -1.49. The van der Waals surface area contributed by atoms with Gasteiger partial charge in [0.25, 0.3) is 0 Å². The quantitative estimate of drug-likeness (QED) is 0.597. The van der Waals surface area contributed by atoms with Gasteiger partial charge in [0, 0.05) is 32.6 Å². The number of nitrogens with one attached hydrogen (secondary N) is 2. The van der Waals surface area contributed by atoms with E-state index in [-0.39, 0.29) is 24.8 Å². The predicted octanol–water partition coefficient (Wildman–Crippen LogP) is 1.68. The fraction of sp³-hybridized carbons (Fsp3) is 0.667. The largest absolute Gasteiger partial charge is 0.342 e. The van der Waals surface area contributed by atoms with E-state index in [0.29, 0.717) is 24.5 Å². The number of hydrogen-bond acceptors (Lipinski definition) is 5. The van der Waals surface area contributed by atoms with Gasteiger partial charge in [-0.25, -0.2) is 26.3 Å². The van der Waals surface area contributed by atoms with Crippen LogP contribution < -0.4 is 9.44 Å². The molecular weight excluding hydrogens is 438 g/mol. The Balaban J connectivity index is 1.99. The monoisotopic (exact) mass is 473 g/mol. The summed E-state index contributed by atoms with van der Waals surface area (Å²) in [5, 5.41) is 0. The van der Waals surface area contributed by atoms with Crippen molar-refractivity contribution in [2.24, 2.45) is 5.92 Å². The number of hydrogen-bond donors (Lipinski definition) is 2. The second kappa shape index (κ2) is 9.97. The van der Waals surface area contributed by atoms with Crippen molar-refractivity contribution in [3.8, 4) is 0 Å². The van der Waals surface area contributed by atoms with Crippen LogP contribution in [0.3, 0.4) is 0 Å². The SMILES string of the molecule is Cc1c(C)c(C)c(S(=O)(=O)NCCC(=O)N2CCCC(CNS(C)(=O)=O)C2)c(C)c1C. The lowest BCUT2D eigenvalue weighted by Gasteiger charge is -2.33. The smallest absolute Gasteiger partial charge is 0.241 e. The molecule has 0 radical (unpaired) electrons. The molecule has 1 aliphatic heterocycles. The van der Waals surface area contributed by atoms with Crippen LogP contribution in [0, 0.1) is 40.5 Å². The van der Waals surface area contributed by atoms with Gasteiger partial charge in [-0.2, -0.15) is 0 Å². The van der Waals surface area contributed by atoms with Crippen molar-refractivity contribution in [1.82, 2.24) is 14.3 Å². The summed E-state index contributed by atoms with van der Waals surface area (Å²) >= 11 is 0. The molecule has 1 fully saturated rings. The number of piperidine rings is 1. The molecule has 0 aliphatic carbocycles. The van der Waals surface area contributed by atoms with E-state index in [9.17, 15) is 21.6 Å². The standard InChI is InChI=1S/C21H35N3O5S2/c1-14-15(2)17(4)21(18(5)16(14)3)31(28,29)22-10-9-20(25)24-11-7-8-19(13-24)12-23-30(6,26)27/h19,22-23H,7-13H2,1-6H3. The lowest BCUT2D eigenvalue weighted by Crippen LogP contribution is -2.44. The number of benzene rings is 1. The van der Waals surface area contributed by atoms with Crippen molar-refractivity contribution in [3.63, 3.8) is 0 Å². The van der Waals surface area contributed by atoms with Crippen LogP contribution in [-0.2, 0) is 24.8 Å². The van der Waals surface area contributed by atoms with Crippen LogP contribution in [0.25, 0.3) is 0 Å². The molecule has 2 N–H and O–H groups in total. The summed E-state index contributed by atoms with van der Waals surface area (Å²) in [6.45, 7) is 10.9. The maximum absolute atomic E-state index is 13.0. The Kier molecular flexibility index (Phi) is 8.29. The average molecular weight is 474 g/mol. The normalized spacial score (nSPS) is 17.7. The molecule has 8 nitrogen and oxygen atoms in total. The molecule has 0 spiro atoms. The van der Waals surface area contributed by atoms with Crippen LogP contribution in [-0.4, -0.2) is 60.1 Å². The highest BCUT2D eigenvalue weighted by Crippen LogP contribution is 2.29. The Bertz CT molecular complexity index is 1020. The van der Waals surface area contributed by atoms with Crippen LogP contribution in [0.1, 0.15) is 47.1 Å². The molecule has 0 aromatic heterocycles.